The number of hydrogen-bond donors (Lipinski definition) is 1. The summed E-state index contributed by atoms with van der Waals surface area (Å²) < 4.78 is 4.68. The SMILES string of the molecule is COC(=O)c1ccc(CNC(=O)[C@@H]2CCC(=O)N(CCc3ccccn3)C2)cc1. The van der Waals surface area contributed by atoms with Crippen LogP contribution in [0.1, 0.15) is 34.5 Å². The van der Waals surface area contributed by atoms with Crippen LogP contribution in [0.15, 0.2) is 48.7 Å². The van der Waals surface area contributed by atoms with Gasteiger partial charge in [0.2, 0.25) is 11.8 Å². The summed E-state index contributed by atoms with van der Waals surface area (Å²) in [6, 6.07) is 12.6. The number of pyridine rings is 1. The Morgan fingerprint density at radius 1 is 1.21 bits per heavy atom. The first-order valence-electron chi connectivity index (χ1n) is 9.69. The Bertz CT molecular complexity index is 852. The van der Waals surface area contributed by atoms with Gasteiger partial charge >= 0.3 is 5.97 Å². The molecular formula is C22H25N3O4. The number of amides is 2. The van der Waals surface area contributed by atoms with Crippen molar-refractivity contribution < 1.29 is 19.1 Å². The number of methoxy groups -OCH3 is 1. The molecule has 3 rings (SSSR count). The monoisotopic (exact) mass is 395 g/mol. The molecule has 152 valence electrons. The van der Waals surface area contributed by atoms with Gasteiger partial charge in [-0.3, -0.25) is 14.6 Å². The van der Waals surface area contributed by atoms with E-state index in [2.05, 4.69) is 15.0 Å². The van der Waals surface area contributed by atoms with E-state index in [1.165, 1.54) is 7.11 Å². The van der Waals surface area contributed by atoms with Crippen molar-refractivity contribution in [3.05, 3.63) is 65.5 Å². The molecule has 0 aliphatic carbocycles. The Balaban J connectivity index is 1.49. The lowest BCUT2D eigenvalue weighted by atomic mass is 9.96. The molecule has 1 N–H and O–H groups in total. The van der Waals surface area contributed by atoms with E-state index < -0.39 is 5.97 Å². The summed E-state index contributed by atoms with van der Waals surface area (Å²) in [4.78, 5) is 42.3. The van der Waals surface area contributed by atoms with E-state index in [0.717, 1.165) is 11.3 Å². The van der Waals surface area contributed by atoms with Gasteiger partial charge in [0.25, 0.3) is 0 Å². The molecule has 1 saturated heterocycles. The fourth-order valence-electron chi connectivity index (χ4n) is 3.35. The van der Waals surface area contributed by atoms with Crippen LogP contribution in [-0.4, -0.2) is 47.9 Å². The first-order chi connectivity index (χ1) is 14.1. The van der Waals surface area contributed by atoms with Gasteiger partial charge in [-0.2, -0.15) is 0 Å². The van der Waals surface area contributed by atoms with E-state index in [0.29, 0.717) is 44.5 Å². The van der Waals surface area contributed by atoms with Crippen molar-refractivity contribution >= 4 is 17.8 Å². The molecule has 7 heteroatoms. The summed E-state index contributed by atoms with van der Waals surface area (Å²) in [5.74, 6) is -0.579. The van der Waals surface area contributed by atoms with Crippen LogP contribution in [0, 0.1) is 5.92 Å². The van der Waals surface area contributed by atoms with E-state index in [1.807, 2.05) is 18.2 Å². The topological polar surface area (TPSA) is 88.6 Å². The van der Waals surface area contributed by atoms with E-state index >= 15 is 0 Å². The molecule has 1 aliphatic heterocycles. The van der Waals surface area contributed by atoms with Gasteiger partial charge in [-0.05, 0) is 36.2 Å². The minimum atomic E-state index is -0.391. The third kappa shape index (κ3) is 5.63. The number of esters is 1. The zero-order valence-electron chi connectivity index (χ0n) is 16.5. The molecular weight excluding hydrogens is 370 g/mol. The molecule has 0 spiro atoms. The molecule has 1 atom stereocenters. The Morgan fingerprint density at radius 3 is 2.69 bits per heavy atom. The first kappa shape index (κ1) is 20.5. The Labute approximate surface area is 170 Å². The van der Waals surface area contributed by atoms with Crippen molar-refractivity contribution in [2.75, 3.05) is 20.2 Å². The van der Waals surface area contributed by atoms with Gasteiger partial charge in [0.05, 0.1) is 18.6 Å². The summed E-state index contributed by atoms with van der Waals surface area (Å²) in [6.45, 7) is 1.37. The third-order valence-electron chi connectivity index (χ3n) is 5.08. The van der Waals surface area contributed by atoms with Gasteiger partial charge in [-0.15, -0.1) is 0 Å². The summed E-state index contributed by atoms with van der Waals surface area (Å²) in [7, 11) is 1.34. The maximum absolute atomic E-state index is 12.6. The highest BCUT2D eigenvalue weighted by Crippen LogP contribution is 2.18. The van der Waals surface area contributed by atoms with Gasteiger partial charge in [-0.1, -0.05) is 18.2 Å². The molecule has 29 heavy (non-hydrogen) atoms. The highest BCUT2D eigenvalue weighted by molar-refractivity contribution is 5.89. The maximum atomic E-state index is 12.6. The van der Waals surface area contributed by atoms with Crippen LogP contribution in [0.2, 0.25) is 0 Å². The number of nitrogens with zero attached hydrogens (tertiary/aromatic N) is 2. The van der Waals surface area contributed by atoms with Crippen molar-refractivity contribution in [3.63, 3.8) is 0 Å². The van der Waals surface area contributed by atoms with Crippen LogP contribution >= 0.6 is 0 Å². The molecule has 7 nitrogen and oxygen atoms in total. The average molecular weight is 395 g/mol. The van der Waals surface area contributed by atoms with Crippen LogP contribution < -0.4 is 5.32 Å². The largest absolute Gasteiger partial charge is 0.465 e. The van der Waals surface area contributed by atoms with Crippen LogP contribution in [0.25, 0.3) is 0 Å². The second kappa shape index (κ2) is 9.82. The molecule has 1 aliphatic rings. The summed E-state index contributed by atoms with van der Waals surface area (Å²) in [6.07, 6.45) is 3.36. The van der Waals surface area contributed by atoms with Crippen molar-refractivity contribution in [2.24, 2.45) is 5.92 Å². The lowest BCUT2D eigenvalue weighted by molar-refractivity contribution is -0.138. The second-order valence-corrected chi connectivity index (χ2v) is 7.05. The molecule has 1 aromatic heterocycles. The number of carbonyl (C=O) groups excluding carboxylic acids is 3. The summed E-state index contributed by atoms with van der Waals surface area (Å²) in [5.41, 5.74) is 2.30. The normalized spacial score (nSPS) is 16.4. The number of ether oxygens (including phenoxy) is 1. The van der Waals surface area contributed by atoms with E-state index in [-0.39, 0.29) is 17.7 Å². The molecule has 0 saturated carbocycles. The van der Waals surface area contributed by atoms with Crippen molar-refractivity contribution in [3.8, 4) is 0 Å². The number of aromatic nitrogens is 1. The molecule has 1 fully saturated rings. The van der Waals surface area contributed by atoms with E-state index in [9.17, 15) is 14.4 Å². The number of benzene rings is 1. The second-order valence-electron chi connectivity index (χ2n) is 7.05. The Morgan fingerprint density at radius 2 is 2.00 bits per heavy atom. The van der Waals surface area contributed by atoms with Crippen LogP contribution in [0.3, 0.4) is 0 Å². The predicted octanol–water partition coefficient (Wildman–Crippen LogP) is 1.97. The van der Waals surface area contributed by atoms with E-state index in [1.54, 1.807) is 35.4 Å². The Kier molecular flexibility index (Phi) is 6.94. The molecule has 1 aromatic carbocycles. The lowest BCUT2D eigenvalue weighted by Crippen LogP contribution is -2.46. The zero-order valence-corrected chi connectivity index (χ0v) is 16.5. The zero-order chi connectivity index (χ0) is 20.6. The molecule has 2 heterocycles. The number of carbonyl (C=O) groups is 3. The first-order valence-corrected chi connectivity index (χ1v) is 9.69. The fourth-order valence-corrected chi connectivity index (χ4v) is 3.35. The summed E-state index contributed by atoms with van der Waals surface area (Å²) in [5, 5.41) is 2.94. The molecule has 0 bridgehead atoms. The molecule has 2 amide bonds. The third-order valence-corrected chi connectivity index (χ3v) is 5.08. The van der Waals surface area contributed by atoms with Crippen LogP contribution in [0.5, 0.6) is 0 Å². The van der Waals surface area contributed by atoms with Crippen molar-refractivity contribution in [1.82, 2.24) is 15.2 Å². The standard InChI is InChI=1S/C22H25N3O4/c1-29-22(28)17-7-5-16(6-8-17)14-24-21(27)18-9-10-20(26)25(15-18)13-11-19-4-2-3-12-23-19/h2-8,12,18H,9-11,13-15H2,1H3,(H,24,27)/t18-/m1/s1. The van der Waals surface area contributed by atoms with Crippen molar-refractivity contribution in [1.29, 1.82) is 0 Å². The highest BCUT2D eigenvalue weighted by Gasteiger charge is 2.29. The lowest BCUT2D eigenvalue weighted by Gasteiger charge is -2.32. The van der Waals surface area contributed by atoms with Gasteiger partial charge < -0.3 is 15.0 Å². The minimum Gasteiger partial charge on any atom is -0.465 e. The molecule has 2 aromatic rings. The van der Waals surface area contributed by atoms with Gasteiger partial charge in [0, 0.05) is 44.4 Å². The average Bonchev–Trinajstić information content (AvgIpc) is 2.77. The highest BCUT2D eigenvalue weighted by atomic mass is 16.5. The molecule has 0 unspecified atom stereocenters. The smallest absolute Gasteiger partial charge is 0.337 e. The number of nitrogens with one attached hydrogen (secondary N) is 1. The number of rotatable bonds is 7. The Hall–Kier alpha value is -3.22. The number of piperidine rings is 1. The molecule has 0 radical (unpaired) electrons. The van der Waals surface area contributed by atoms with E-state index in [4.69, 9.17) is 0 Å². The maximum Gasteiger partial charge on any atom is 0.337 e. The number of likely N-dealkylation sites (tertiary alicyclic amines) is 1. The van der Waals surface area contributed by atoms with Gasteiger partial charge in [0.1, 0.15) is 0 Å². The van der Waals surface area contributed by atoms with Gasteiger partial charge in [-0.25, -0.2) is 4.79 Å². The van der Waals surface area contributed by atoms with Gasteiger partial charge in [0.15, 0.2) is 0 Å². The van der Waals surface area contributed by atoms with Crippen LogP contribution in [0.4, 0.5) is 0 Å². The van der Waals surface area contributed by atoms with Crippen molar-refractivity contribution in [2.45, 2.75) is 25.8 Å². The fraction of sp³-hybridized carbons (Fsp3) is 0.364. The quantitative estimate of drug-likeness (QED) is 0.724. The summed E-state index contributed by atoms with van der Waals surface area (Å²) >= 11 is 0. The predicted molar refractivity (Wildman–Crippen MR) is 107 cm³/mol. The minimum absolute atomic E-state index is 0.0580. The number of hydrogen-bond acceptors (Lipinski definition) is 5. The van der Waals surface area contributed by atoms with Crippen LogP contribution in [-0.2, 0) is 27.3 Å².